The van der Waals surface area contributed by atoms with Gasteiger partial charge in [-0.05, 0) is 25.9 Å². The molecule has 0 unspecified atom stereocenters. The van der Waals surface area contributed by atoms with Crippen LogP contribution in [0.15, 0.2) is 0 Å². The third-order valence-electron chi connectivity index (χ3n) is 2.74. The zero-order valence-electron chi connectivity index (χ0n) is 14.3. The van der Waals surface area contributed by atoms with Crippen LogP contribution in [0.25, 0.3) is 0 Å². The van der Waals surface area contributed by atoms with E-state index in [0.717, 1.165) is 25.9 Å². The number of nitrogens with zero attached hydrogens (tertiary/aromatic N) is 2. The smallest absolute Gasteiger partial charge is 1.00 e. The van der Waals surface area contributed by atoms with Gasteiger partial charge >= 0.3 is 16.8 Å². The minimum atomic E-state index is 0. The largest absolute Gasteiger partial charge is 2.00 e. The molecule has 0 fully saturated rings. The molecule has 0 aromatic heterocycles. The molecule has 0 rings (SSSR count). The van der Waals surface area contributed by atoms with E-state index in [2.05, 4.69) is 13.8 Å². The van der Waals surface area contributed by atoms with E-state index < -0.39 is 0 Å². The molecular weight excluding hydrogens is 390 g/mol. The number of hydrogen-bond donors (Lipinski definition) is 4. The van der Waals surface area contributed by atoms with Crippen LogP contribution in [0.3, 0.4) is 0 Å². The Hall–Kier alpha value is 0.846. The average molecular weight is 424 g/mol. The monoisotopic (exact) mass is 423 g/mol. The Balaban J connectivity index is -0.0000000831. The van der Waals surface area contributed by atoms with Crippen molar-refractivity contribution in [2.24, 2.45) is 0 Å². The quantitative estimate of drug-likeness (QED) is 0.249. The van der Waals surface area contributed by atoms with E-state index >= 15 is 0 Å². The van der Waals surface area contributed by atoms with Crippen LogP contribution in [0.4, 0.5) is 0 Å². The first-order valence-electron chi connectivity index (χ1n) is 7.58. The van der Waals surface area contributed by atoms with E-state index in [4.69, 9.17) is 20.4 Å². The van der Waals surface area contributed by atoms with Gasteiger partial charge in [0.15, 0.2) is 0 Å². The first kappa shape index (κ1) is 35.0. The molecule has 0 bridgehead atoms. The molecule has 0 heterocycles. The summed E-state index contributed by atoms with van der Waals surface area (Å²) in [6.07, 6.45) is 2.14. The molecular formula is C14H34Cl2CoN2O4. The van der Waals surface area contributed by atoms with Crippen molar-refractivity contribution in [3.05, 3.63) is 0 Å². The second-order valence-electron chi connectivity index (χ2n) is 4.58. The number of aliphatic hydroxyl groups is 4. The molecule has 4 N–H and O–H groups in total. The summed E-state index contributed by atoms with van der Waals surface area (Å²) in [5.74, 6) is 0. The zero-order valence-corrected chi connectivity index (χ0v) is 16.8. The van der Waals surface area contributed by atoms with Crippen LogP contribution < -0.4 is 24.8 Å². The van der Waals surface area contributed by atoms with Gasteiger partial charge in [0.25, 0.3) is 0 Å². The van der Waals surface area contributed by atoms with Crippen molar-refractivity contribution >= 4 is 0 Å². The molecule has 147 valence electrons. The molecule has 0 saturated heterocycles. The van der Waals surface area contributed by atoms with Crippen LogP contribution in [-0.4, -0.2) is 95.9 Å². The van der Waals surface area contributed by atoms with Crippen LogP contribution in [0.5, 0.6) is 0 Å². The van der Waals surface area contributed by atoms with E-state index in [1.165, 1.54) is 0 Å². The van der Waals surface area contributed by atoms with Crippen LogP contribution in [0, 0.1) is 0 Å². The first-order chi connectivity index (χ1) is 9.69. The molecule has 6 nitrogen and oxygen atoms in total. The van der Waals surface area contributed by atoms with Crippen molar-refractivity contribution in [2.75, 3.05) is 65.7 Å². The Morgan fingerprint density at radius 1 is 0.522 bits per heavy atom. The minimum Gasteiger partial charge on any atom is -1.00 e. The molecule has 23 heavy (non-hydrogen) atoms. The van der Waals surface area contributed by atoms with E-state index in [0.29, 0.717) is 26.2 Å². The number of aliphatic hydroxyl groups excluding tert-OH is 4. The molecule has 0 atom stereocenters. The van der Waals surface area contributed by atoms with Crippen molar-refractivity contribution < 1.29 is 62.0 Å². The maximum Gasteiger partial charge on any atom is 2.00 e. The van der Waals surface area contributed by atoms with Crippen molar-refractivity contribution in [3.8, 4) is 0 Å². The Bertz CT molecular complexity index is 142. The van der Waals surface area contributed by atoms with Gasteiger partial charge in [-0.2, -0.15) is 0 Å². The fraction of sp³-hybridized carbons (Fsp3) is 1.00. The first-order valence-corrected chi connectivity index (χ1v) is 7.58. The fourth-order valence-electron chi connectivity index (χ4n) is 1.87. The van der Waals surface area contributed by atoms with Gasteiger partial charge < -0.3 is 45.2 Å². The van der Waals surface area contributed by atoms with Gasteiger partial charge in [-0.3, -0.25) is 9.80 Å². The molecule has 0 amide bonds. The molecule has 1 radical (unpaired) electrons. The van der Waals surface area contributed by atoms with E-state index in [9.17, 15) is 0 Å². The van der Waals surface area contributed by atoms with Crippen molar-refractivity contribution in [2.45, 2.75) is 26.7 Å². The molecule has 0 aromatic rings. The summed E-state index contributed by atoms with van der Waals surface area (Å²) in [7, 11) is 0. The Kier molecular flexibility index (Phi) is 46.8. The molecule has 0 saturated carbocycles. The van der Waals surface area contributed by atoms with Gasteiger partial charge in [0.05, 0.1) is 26.4 Å². The molecule has 0 aromatic carbocycles. The van der Waals surface area contributed by atoms with Gasteiger partial charge in [0.2, 0.25) is 0 Å². The molecule has 9 heteroatoms. The summed E-state index contributed by atoms with van der Waals surface area (Å²) in [4.78, 5) is 4.08. The summed E-state index contributed by atoms with van der Waals surface area (Å²) in [6.45, 7) is 9.51. The molecule has 0 aliphatic carbocycles. The van der Waals surface area contributed by atoms with Crippen molar-refractivity contribution in [3.63, 3.8) is 0 Å². The average Bonchev–Trinajstić information content (AvgIpc) is 2.41. The summed E-state index contributed by atoms with van der Waals surface area (Å²) in [5, 5.41) is 34.3. The van der Waals surface area contributed by atoms with E-state index in [1.54, 1.807) is 0 Å². The van der Waals surface area contributed by atoms with Crippen molar-refractivity contribution in [1.82, 2.24) is 9.80 Å². The molecule has 0 spiro atoms. The molecule has 0 aliphatic rings. The van der Waals surface area contributed by atoms with E-state index in [-0.39, 0.29) is 68.0 Å². The Labute approximate surface area is 164 Å². The maximum atomic E-state index is 8.57. The second-order valence-corrected chi connectivity index (χ2v) is 4.58. The van der Waals surface area contributed by atoms with Gasteiger partial charge in [-0.25, -0.2) is 0 Å². The summed E-state index contributed by atoms with van der Waals surface area (Å²) < 4.78 is 0. The Morgan fingerprint density at radius 2 is 0.739 bits per heavy atom. The zero-order chi connectivity index (χ0) is 15.6. The SMILES string of the molecule is CCCN(CCO)CCO.CCCN(CCO)CCO.[Cl-].[Cl-].[Co+2]. The van der Waals surface area contributed by atoms with Crippen LogP contribution in [0.2, 0.25) is 0 Å². The standard InChI is InChI=1S/2C7H17NO2.2ClH.Co/c2*1-2-3-8(4-6-9)5-7-10;;;/h2*9-10H,2-7H2,1H3;2*1H;/q;;;;+2/p-2. The van der Waals surface area contributed by atoms with Crippen LogP contribution >= 0.6 is 0 Å². The van der Waals surface area contributed by atoms with Gasteiger partial charge in [0, 0.05) is 26.2 Å². The van der Waals surface area contributed by atoms with Gasteiger partial charge in [-0.1, -0.05) is 13.8 Å². The predicted molar refractivity (Wildman–Crippen MR) is 81.8 cm³/mol. The maximum absolute atomic E-state index is 8.57. The second kappa shape index (κ2) is 30.7. The number of halogens is 2. The summed E-state index contributed by atoms with van der Waals surface area (Å²) in [5.41, 5.74) is 0. The topological polar surface area (TPSA) is 87.4 Å². The van der Waals surface area contributed by atoms with Crippen LogP contribution in [-0.2, 0) is 16.8 Å². The summed E-state index contributed by atoms with van der Waals surface area (Å²) in [6, 6.07) is 0. The third-order valence-corrected chi connectivity index (χ3v) is 2.74. The van der Waals surface area contributed by atoms with Crippen LogP contribution in [0.1, 0.15) is 26.7 Å². The number of hydrogen-bond acceptors (Lipinski definition) is 6. The van der Waals surface area contributed by atoms with Gasteiger partial charge in [0.1, 0.15) is 0 Å². The number of rotatable bonds is 12. The summed E-state index contributed by atoms with van der Waals surface area (Å²) >= 11 is 0. The van der Waals surface area contributed by atoms with Crippen molar-refractivity contribution in [1.29, 1.82) is 0 Å². The third kappa shape index (κ3) is 28.0. The fourth-order valence-corrected chi connectivity index (χ4v) is 1.87. The predicted octanol–water partition coefficient (Wildman–Crippen LogP) is -6.63. The minimum absolute atomic E-state index is 0. The van der Waals surface area contributed by atoms with Gasteiger partial charge in [-0.15, -0.1) is 0 Å². The Morgan fingerprint density at radius 3 is 0.870 bits per heavy atom. The normalized spacial score (nSPS) is 9.39. The van der Waals surface area contributed by atoms with E-state index in [1.807, 2.05) is 9.80 Å². The molecule has 0 aliphatic heterocycles.